The van der Waals surface area contributed by atoms with E-state index in [1.54, 1.807) is 18.5 Å². The van der Waals surface area contributed by atoms with Crippen LogP contribution < -0.4 is 5.84 Å². The number of nitrogens with one attached hydrogen (secondary N) is 1. The second kappa shape index (κ2) is 2.94. The van der Waals surface area contributed by atoms with Crippen LogP contribution in [0.4, 0.5) is 0 Å². The van der Waals surface area contributed by atoms with Gasteiger partial charge in [-0.25, -0.2) is 19.7 Å². The molecule has 0 aliphatic heterocycles. The van der Waals surface area contributed by atoms with E-state index in [-0.39, 0.29) is 0 Å². The molecule has 0 spiro atoms. The van der Waals surface area contributed by atoms with Crippen LogP contribution in [0.25, 0.3) is 11.6 Å². The van der Waals surface area contributed by atoms with Crippen LogP contribution >= 0.6 is 12.2 Å². The van der Waals surface area contributed by atoms with Crippen LogP contribution in [0, 0.1) is 4.77 Å². The predicted molar refractivity (Wildman–Crippen MR) is 48.6 cm³/mol. The Morgan fingerprint density at radius 1 is 1.38 bits per heavy atom. The molecule has 2 heterocycles. The molecule has 0 saturated carbocycles. The maximum Gasteiger partial charge on any atom is 0.218 e. The van der Waals surface area contributed by atoms with E-state index in [9.17, 15) is 0 Å². The molecule has 66 valence electrons. The Balaban J connectivity index is 2.60. The molecule has 0 aromatic carbocycles. The molecule has 0 saturated heterocycles. The van der Waals surface area contributed by atoms with Gasteiger partial charge in [0.15, 0.2) is 5.82 Å². The maximum absolute atomic E-state index is 5.57. The quantitative estimate of drug-likeness (QED) is 0.497. The van der Waals surface area contributed by atoms with E-state index in [0.29, 0.717) is 16.4 Å². The zero-order chi connectivity index (χ0) is 9.26. The molecule has 2 rings (SSSR count). The average molecular weight is 194 g/mol. The van der Waals surface area contributed by atoms with Gasteiger partial charge in [-0.15, -0.1) is 5.10 Å². The summed E-state index contributed by atoms with van der Waals surface area (Å²) in [7, 11) is 0. The molecule has 0 fully saturated rings. The van der Waals surface area contributed by atoms with Gasteiger partial charge in [-0.1, -0.05) is 0 Å². The number of nitrogens with zero attached hydrogens (tertiary/aromatic N) is 4. The lowest BCUT2D eigenvalue weighted by atomic mass is 10.5. The molecule has 0 unspecified atom stereocenters. The zero-order valence-corrected chi connectivity index (χ0v) is 7.32. The minimum Gasteiger partial charge on any atom is -0.335 e. The Hall–Kier alpha value is -1.76. The SMILES string of the molecule is Nn1c(-c2ncccn2)n[nH]c1=S. The van der Waals surface area contributed by atoms with Gasteiger partial charge < -0.3 is 5.84 Å². The average Bonchev–Trinajstić information content (AvgIpc) is 2.49. The monoisotopic (exact) mass is 194 g/mol. The van der Waals surface area contributed by atoms with Crippen molar-refractivity contribution in [1.29, 1.82) is 0 Å². The summed E-state index contributed by atoms with van der Waals surface area (Å²) < 4.78 is 1.56. The number of aromatic nitrogens is 5. The molecule has 0 aliphatic carbocycles. The van der Waals surface area contributed by atoms with Crippen LogP contribution in [0.1, 0.15) is 0 Å². The minimum absolute atomic E-state index is 0.336. The second-order valence-electron chi connectivity index (χ2n) is 2.29. The third-order valence-corrected chi connectivity index (χ3v) is 1.76. The van der Waals surface area contributed by atoms with Crippen molar-refractivity contribution >= 4 is 12.2 Å². The van der Waals surface area contributed by atoms with Crippen molar-refractivity contribution in [3.05, 3.63) is 23.2 Å². The Bertz CT molecular complexity index is 457. The summed E-state index contributed by atoms with van der Waals surface area (Å²) in [6, 6.07) is 1.71. The van der Waals surface area contributed by atoms with E-state index in [2.05, 4.69) is 20.2 Å². The normalized spacial score (nSPS) is 10.2. The lowest BCUT2D eigenvalue weighted by Gasteiger charge is -1.96. The van der Waals surface area contributed by atoms with Gasteiger partial charge >= 0.3 is 0 Å². The van der Waals surface area contributed by atoms with Crippen molar-refractivity contribution in [3.63, 3.8) is 0 Å². The van der Waals surface area contributed by atoms with E-state index in [1.165, 1.54) is 4.68 Å². The number of hydrogen-bond acceptors (Lipinski definition) is 5. The van der Waals surface area contributed by atoms with Gasteiger partial charge in [-0.2, -0.15) is 0 Å². The number of nitrogens with two attached hydrogens (primary N) is 1. The topological polar surface area (TPSA) is 85.4 Å². The van der Waals surface area contributed by atoms with Crippen molar-refractivity contribution in [3.8, 4) is 11.6 Å². The third-order valence-electron chi connectivity index (χ3n) is 1.47. The Morgan fingerprint density at radius 3 is 2.62 bits per heavy atom. The summed E-state index contributed by atoms with van der Waals surface area (Å²) >= 11 is 4.84. The van der Waals surface area contributed by atoms with E-state index < -0.39 is 0 Å². The first-order chi connectivity index (χ1) is 6.29. The zero-order valence-electron chi connectivity index (χ0n) is 6.51. The van der Waals surface area contributed by atoms with Gasteiger partial charge in [-0.05, 0) is 18.3 Å². The molecule has 13 heavy (non-hydrogen) atoms. The maximum atomic E-state index is 5.57. The van der Waals surface area contributed by atoms with Gasteiger partial charge in [0.2, 0.25) is 10.6 Å². The van der Waals surface area contributed by atoms with E-state index in [1.807, 2.05) is 0 Å². The minimum atomic E-state index is 0.336. The number of aromatic amines is 1. The first-order valence-corrected chi connectivity index (χ1v) is 3.90. The van der Waals surface area contributed by atoms with Gasteiger partial charge in [-0.3, -0.25) is 0 Å². The van der Waals surface area contributed by atoms with Crippen LogP contribution in [0.5, 0.6) is 0 Å². The number of H-pyrrole nitrogens is 1. The molecule has 0 aliphatic rings. The van der Waals surface area contributed by atoms with Crippen LogP contribution in [0.15, 0.2) is 18.5 Å². The van der Waals surface area contributed by atoms with E-state index in [4.69, 9.17) is 18.1 Å². The van der Waals surface area contributed by atoms with Crippen LogP contribution in [0.2, 0.25) is 0 Å². The lowest BCUT2D eigenvalue weighted by Crippen LogP contribution is -2.11. The van der Waals surface area contributed by atoms with Crippen molar-refractivity contribution in [2.75, 3.05) is 5.84 Å². The van der Waals surface area contributed by atoms with E-state index in [0.717, 1.165) is 0 Å². The Labute approximate surface area is 78.4 Å². The van der Waals surface area contributed by atoms with Crippen molar-refractivity contribution in [2.45, 2.75) is 0 Å². The molecule has 0 amide bonds. The summed E-state index contributed by atoms with van der Waals surface area (Å²) in [6.45, 7) is 0. The molecule has 0 radical (unpaired) electrons. The molecule has 2 aromatic rings. The number of nitrogen functional groups attached to an aromatic ring is 1. The fraction of sp³-hybridized carbons (Fsp3) is 0. The molecule has 0 atom stereocenters. The Kier molecular flexibility index (Phi) is 1.78. The smallest absolute Gasteiger partial charge is 0.218 e. The van der Waals surface area contributed by atoms with Gasteiger partial charge in [0.1, 0.15) is 0 Å². The standard InChI is InChI=1S/C6H6N6S/c7-12-5(10-11-6(12)13)4-8-2-1-3-9-4/h1-3H,7H2,(H,11,13). The van der Waals surface area contributed by atoms with E-state index >= 15 is 0 Å². The predicted octanol–water partition coefficient (Wildman–Crippen LogP) is 0.111. The summed E-state index contributed by atoms with van der Waals surface area (Å²) in [5.41, 5.74) is 0. The number of hydrogen-bond donors (Lipinski definition) is 2. The largest absolute Gasteiger partial charge is 0.335 e. The molecule has 7 heteroatoms. The van der Waals surface area contributed by atoms with Crippen LogP contribution in [-0.2, 0) is 0 Å². The van der Waals surface area contributed by atoms with Gasteiger partial charge in [0, 0.05) is 12.4 Å². The highest BCUT2D eigenvalue weighted by Gasteiger charge is 2.07. The number of rotatable bonds is 1. The van der Waals surface area contributed by atoms with Gasteiger partial charge in [0.25, 0.3) is 0 Å². The van der Waals surface area contributed by atoms with Crippen LogP contribution in [0.3, 0.4) is 0 Å². The lowest BCUT2D eigenvalue weighted by molar-refractivity contribution is 0.963. The van der Waals surface area contributed by atoms with Crippen molar-refractivity contribution in [1.82, 2.24) is 24.8 Å². The van der Waals surface area contributed by atoms with Crippen molar-refractivity contribution in [2.24, 2.45) is 0 Å². The van der Waals surface area contributed by atoms with Crippen LogP contribution in [-0.4, -0.2) is 24.8 Å². The van der Waals surface area contributed by atoms with Crippen molar-refractivity contribution < 1.29 is 0 Å². The summed E-state index contributed by atoms with van der Waals surface area (Å²) in [5, 5.41) is 6.43. The third kappa shape index (κ3) is 1.29. The Morgan fingerprint density at radius 2 is 2.08 bits per heavy atom. The molecular formula is C6H6N6S. The summed E-state index contributed by atoms with van der Waals surface area (Å²) in [6.07, 6.45) is 3.22. The first kappa shape index (κ1) is 7.87. The summed E-state index contributed by atoms with van der Waals surface area (Å²) in [5.74, 6) is 6.44. The second-order valence-corrected chi connectivity index (χ2v) is 2.68. The highest BCUT2D eigenvalue weighted by molar-refractivity contribution is 7.71. The highest BCUT2D eigenvalue weighted by atomic mass is 32.1. The first-order valence-electron chi connectivity index (χ1n) is 3.49. The highest BCUT2D eigenvalue weighted by Crippen LogP contribution is 2.06. The van der Waals surface area contributed by atoms with Gasteiger partial charge in [0.05, 0.1) is 0 Å². The fourth-order valence-corrected chi connectivity index (χ4v) is 1.01. The molecule has 2 aromatic heterocycles. The molecular weight excluding hydrogens is 188 g/mol. The summed E-state index contributed by atoms with van der Waals surface area (Å²) in [4.78, 5) is 7.96. The molecule has 3 N–H and O–H groups in total. The molecule has 0 bridgehead atoms. The fourth-order valence-electron chi connectivity index (χ4n) is 0.877. The molecule has 6 nitrogen and oxygen atoms in total.